The second-order valence-corrected chi connectivity index (χ2v) is 7.14. The highest BCUT2D eigenvalue weighted by atomic mass is 32.2. The molecule has 140 valence electrons. The van der Waals surface area contributed by atoms with Crippen LogP contribution in [0.3, 0.4) is 0 Å². The summed E-state index contributed by atoms with van der Waals surface area (Å²) in [5.41, 5.74) is 2.83. The van der Waals surface area contributed by atoms with Crippen LogP contribution in [0.25, 0.3) is 0 Å². The lowest BCUT2D eigenvalue weighted by Gasteiger charge is -2.17. The van der Waals surface area contributed by atoms with Crippen LogP contribution in [0, 0.1) is 6.92 Å². The highest BCUT2D eigenvalue weighted by Crippen LogP contribution is 2.35. The van der Waals surface area contributed by atoms with E-state index >= 15 is 0 Å². The molecule has 0 aliphatic carbocycles. The zero-order valence-corrected chi connectivity index (χ0v) is 16.1. The number of amides is 1. The lowest BCUT2D eigenvalue weighted by atomic mass is 10.1. The summed E-state index contributed by atoms with van der Waals surface area (Å²) in [6.07, 6.45) is 1.65. The van der Waals surface area contributed by atoms with Crippen molar-refractivity contribution in [2.75, 3.05) is 19.0 Å². The molecule has 0 aliphatic rings. The maximum atomic E-state index is 13.0. The summed E-state index contributed by atoms with van der Waals surface area (Å²) in [7, 11) is 1.65. The zero-order valence-electron chi connectivity index (χ0n) is 15.3. The van der Waals surface area contributed by atoms with E-state index in [4.69, 9.17) is 4.74 Å². The molecule has 1 amide bonds. The summed E-state index contributed by atoms with van der Waals surface area (Å²) in [4.78, 5) is 13.0. The maximum Gasteiger partial charge on any atom is 0.242 e. The Morgan fingerprint density at radius 1 is 1.19 bits per heavy atom. The SMILES string of the molecule is COCCn1cnnc1SC(C(=O)Nc1ccc(C)cc1)c1ccccc1. The van der Waals surface area contributed by atoms with E-state index in [9.17, 15) is 4.79 Å². The van der Waals surface area contributed by atoms with Crippen LogP contribution < -0.4 is 5.32 Å². The highest BCUT2D eigenvalue weighted by molar-refractivity contribution is 8.00. The second-order valence-electron chi connectivity index (χ2n) is 6.06. The molecule has 1 unspecified atom stereocenters. The van der Waals surface area contributed by atoms with Gasteiger partial charge in [-0.3, -0.25) is 4.79 Å². The summed E-state index contributed by atoms with van der Waals surface area (Å²) in [6.45, 7) is 3.20. The number of nitrogens with one attached hydrogen (secondary N) is 1. The smallest absolute Gasteiger partial charge is 0.242 e. The van der Waals surface area contributed by atoms with E-state index in [1.165, 1.54) is 11.8 Å². The fourth-order valence-corrected chi connectivity index (χ4v) is 3.57. The molecule has 1 heterocycles. The van der Waals surface area contributed by atoms with Crippen molar-refractivity contribution in [1.29, 1.82) is 0 Å². The molecule has 0 radical (unpaired) electrons. The van der Waals surface area contributed by atoms with E-state index in [-0.39, 0.29) is 5.91 Å². The minimum atomic E-state index is -0.446. The molecule has 7 heteroatoms. The maximum absolute atomic E-state index is 13.0. The number of hydrogen-bond acceptors (Lipinski definition) is 5. The first-order valence-corrected chi connectivity index (χ1v) is 9.51. The molecule has 6 nitrogen and oxygen atoms in total. The van der Waals surface area contributed by atoms with Gasteiger partial charge in [-0.25, -0.2) is 0 Å². The minimum Gasteiger partial charge on any atom is -0.383 e. The molecule has 1 N–H and O–H groups in total. The Balaban J connectivity index is 1.82. The fraction of sp³-hybridized carbons (Fsp3) is 0.250. The van der Waals surface area contributed by atoms with Crippen LogP contribution in [0.15, 0.2) is 66.1 Å². The molecule has 0 bridgehead atoms. The Kier molecular flexibility index (Phi) is 6.62. The number of aromatic nitrogens is 3. The van der Waals surface area contributed by atoms with Gasteiger partial charge in [0, 0.05) is 19.3 Å². The van der Waals surface area contributed by atoms with E-state index in [0.717, 1.165) is 16.8 Å². The standard InChI is InChI=1S/C20H22N4O2S/c1-15-8-10-17(11-9-15)22-19(25)18(16-6-4-3-5-7-16)27-20-23-21-14-24(20)12-13-26-2/h3-11,14,18H,12-13H2,1-2H3,(H,22,25). The van der Waals surface area contributed by atoms with Crippen molar-refractivity contribution in [2.45, 2.75) is 23.9 Å². The van der Waals surface area contributed by atoms with Crippen molar-refractivity contribution in [3.05, 3.63) is 72.1 Å². The summed E-state index contributed by atoms with van der Waals surface area (Å²) < 4.78 is 7.02. The number of carbonyl (C=O) groups is 1. The number of anilines is 1. The number of benzene rings is 2. The number of ether oxygens (including phenoxy) is 1. The average Bonchev–Trinajstić information content (AvgIpc) is 3.14. The van der Waals surface area contributed by atoms with Crippen LogP contribution in [0.2, 0.25) is 0 Å². The summed E-state index contributed by atoms with van der Waals surface area (Å²) >= 11 is 1.38. The Morgan fingerprint density at radius 3 is 2.63 bits per heavy atom. The highest BCUT2D eigenvalue weighted by Gasteiger charge is 2.24. The van der Waals surface area contributed by atoms with Gasteiger partial charge >= 0.3 is 0 Å². The largest absolute Gasteiger partial charge is 0.383 e. The first-order valence-electron chi connectivity index (χ1n) is 8.63. The Labute approximate surface area is 163 Å². The average molecular weight is 382 g/mol. The molecule has 0 aliphatic heterocycles. The van der Waals surface area contributed by atoms with Gasteiger partial charge in [-0.2, -0.15) is 0 Å². The predicted molar refractivity (Wildman–Crippen MR) is 107 cm³/mol. The van der Waals surface area contributed by atoms with Crippen LogP contribution >= 0.6 is 11.8 Å². The molecule has 3 rings (SSSR count). The summed E-state index contributed by atoms with van der Waals surface area (Å²) in [6, 6.07) is 17.4. The van der Waals surface area contributed by atoms with E-state index in [2.05, 4.69) is 15.5 Å². The minimum absolute atomic E-state index is 0.101. The van der Waals surface area contributed by atoms with Crippen LogP contribution in [-0.4, -0.2) is 34.4 Å². The monoisotopic (exact) mass is 382 g/mol. The number of nitrogens with zero attached hydrogens (tertiary/aromatic N) is 3. The molecule has 3 aromatic rings. The van der Waals surface area contributed by atoms with Gasteiger partial charge in [-0.15, -0.1) is 10.2 Å². The quantitative estimate of drug-likeness (QED) is 0.602. The Hall–Kier alpha value is -2.64. The van der Waals surface area contributed by atoms with Gasteiger partial charge in [0.15, 0.2) is 5.16 Å². The van der Waals surface area contributed by atoms with Gasteiger partial charge in [0.05, 0.1) is 6.61 Å². The normalized spacial score (nSPS) is 11.9. The number of aryl methyl sites for hydroxylation is 1. The molecule has 0 saturated carbocycles. The zero-order chi connectivity index (χ0) is 19.1. The third kappa shape index (κ3) is 5.18. The molecule has 2 aromatic carbocycles. The van der Waals surface area contributed by atoms with E-state index in [1.54, 1.807) is 13.4 Å². The van der Waals surface area contributed by atoms with Crippen molar-refractivity contribution in [3.63, 3.8) is 0 Å². The fourth-order valence-electron chi connectivity index (χ4n) is 2.53. The van der Waals surface area contributed by atoms with Crippen molar-refractivity contribution in [1.82, 2.24) is 14.8 Å². The van der Waals surface area contributed by atoms with Gasteiger partial charge in [-0.1, -0.05) is 59.8 Å². The van der Waals surface area contributed by atoms with Crippen molar-refractivity contribution >= 4 is 23.4 Å². The van der Waals surface area contributed by atoms with Crippen LogP contribution in [0.1, 0.15) is 16.4 Å². The van der Waals surface area contributed by atoms with Crippen molar-refractivity contribution < 1.29 is 9.53 Å². The van der Waals surface area contributed by atoms with E-state index in [1.807, 2.05) is 66.1 Å². The lowest BCUT2D eigenvalue weighted by Crippen LogP contribution is -2.19. The molecule has 0 fully saturated rings. The van der Waals surface area contributed by atoms with Crippen molar-refractivity contribution in [2.24, 2.45) is 0 Å². The van der Waals surface area contributed by atoms with Gasteiger partial charge in [0.2, 0.25) is 5.91 Å². The third-order valence-electron chi connectivity index (χ3n) is 4.00. The van der Waals surface area contributed by atoms with Crippen molar-refractivity contribution in [3.8, 4) is 0 Å². The second kappa shape index (κ2) is 9.34. The molecule has 27 heavy (non-hydrogen) atoms. The Morgan fingerprint density at radius 2 is 1.93 bits per heavy atom. The van der Waals surface area contributed by atoms with Crippen LogP contribution in [0.4, 0.5) is 5.69 Å². The van der Waals surface area contributed by atoms with E-state index in [0.29, 0.717) is 18.3 Å². The van der Waals surface area contributed by atoms with E-state index < -0.39 is 5.25 Å². The number of rotatable bonds is 8. The first kappa shape index (κ1) is 19.1. The molecule has 1 aromatic heterocycles. The predicted octanol–water partition coefficient (Wildman–Crippen LogP) is 3.71. The third-order valence-corrected chi connectivity index (χ3v) is 5.25. The molecular weight excluding hydrogens is 360 g/mol. The number of thioether (sulfide) groups is 1. The molecule has 0 saturated heterocycles. The molecule has 1 atom stereocenters. The molecule has 0 spiro atoms. The van der Waals surface area contributed by atoms with Gasteiger partial charge < -0.3 is 14.6 Å². The van der Waals surface area contributed by atoms with Crippen LogP contribution in [-0.2, 0) is 16.1 Å². The topological polar surface area (TPSA) is 69.0 Å². The summed E-state index contributed by atoms with van der Waals surface area (Å²) in [5, 5.41) is 11.4. The van der Waals surface area contributed by atoms with Gasteiger partial charge in [0.1, 0.15) is 11.6 Å². The van der Waals surface area contributed by atoms with Gasteiger partial charge in [-0.05, 0) is 24.6 Å². The van der Waals surface area contributed by atoms with Gasteiger partial charge in [0.25, 0.3) is 0 Å². The number of hydrogen-bond donors (Lipinski definition) is 1. The lowest BCUT2D eigenvalue weighted by molar-refractivity contribution is -0.115. The first-order chi connectivity index (χ1) is 13.2. The van der Waals surface area contributed by atoms with Crippen LogP contribution in [0.5, 0.6) is 0 Å². The summed E-state index contributed by atoms with van der Waals surface area (Å²) in [5.74, 6) is -0.101. The number of carbonyl (C=O) groups excluding carboxylic acids is 1. The Bertz CT molecular complexity index is 865. The molecular formula is C20H22N4O2S. The number of methoxy groups -OCH3 is 1.